The summed E-state index contributed by atoms with van der Waals surface area (Å²) >= 11 is 3.86. The smallest absolute Gasteiger partial charge is 0.164 e. The summed E-state index contributed by atoms with van der Waals surface area (Å²) in [6, 6.07) is 0. The lowest BCUT2D eigenvalue weighted by Gasteiger charge is -2.59. The highest BCUT2D eigenvalue weighted by molar-refractivity contribution is 9.10. The zero-order valence-corrected chi connectivity index (χ0v) is 10.4. The maximum absolute atomic E-state index is 11.9. The molecule has 4 rings (SSSR count). The summed E-state index contributed by atoms with van der Waals surface area (Å²) in [6.07, 6.45) is 6.83. The van der Waals surface area contributed by atoms with Gasteiger partial charge in [-0.15, -0.1) is 0 Å². The van der Waals surface area contributed by atoms with E-state index in [2.05, 4.69) is 15.9 Å². The minimum Gasteiger partial charge on any atom is -0.389 e. The van der Waals surface area contributed by atoms with Crippen LogP contribution in [-0.4, -0.2) is 21.8 Å². The second kappa shape index (κ2) is 3.07. The Balaban J connectivity index is 1.96. The van der Waals surface area contributed by atoms with Crippen molar-refractivity contribution in [3.8, 4) is 0 Å². The Morgan fingerprint density at radius 2 is 1.87 bits per heavy atom. The Morgan fingerprint density at radius 3 is 2.33 bits per heavy atom. The van der Waals surface area contributed by atoms with Crippen molar-refractivity contribution < 1.29 is 9.90 Å². The lowest BCUT2D eigenvalue weighted by Crippen LogP contribution is -2.56. The van der Waals surface area contributed by atoms with Gasteiger partial charge < -0.3 is 5.11 Å². The first-order valence-electron chi connectivity index (χ1n) is 5.88. The van der Waals surface area contributed by atoms with Crippen LogP contribution in [0.25, 0.3) is 0 Å². The van der Waals surface area contributed by atoms with Crippen LogP contribution in [0.2, 0.25) is 0 Å². The lowest BCUT2D eigenvalue weighted by atomic mass is 9.48. The number of aliphatic hydroxyl groups excluding tert-OH is 1. The van der Waals surface area contributed by atoms with Crippen molar-refractivity contribution in [1.82, 2.24) is 0 Å². The third-order valence-corrected chi connectivity index (χ3v) is 5.65. The molecule has 3 heteroatoms. The number of carbonyl (C=O) groups is 1. The van der Waals surface area contributed by atoms with E-state index in [4.69, 9.17) is 5.11 Å². The number of hydrogen-bond donors (Lipinski definition) is 1. The Kier molecular flexibility index (Phi) is 2.10. The fourth-order valence-electron chi connectivity index (χ4n) is 4.64. The molecule has 4 fully saturated rings. The molecule has 0 aliphatic heterocycles. The number of alkyl halides is 1. The van der Waals surface area contributed by atoms with Gasteiger partial charge in [0.05, 0.1) is 0 Å². The highest BCUT2D eigenvalue weighted by atomic mass is 79.9. The van der Waals surface area contributed by atoms with E-state index < -0.39 is 0 Å². The monoisotopic (exact) mass is 272 g/mol. The van der Waals surface area contributed by atoms with Crippen molar-refractivity contribution >= 4 is 21.7 Å². The van der Waals surface area contributed by atoms with Gasteiger partial charge in [-0.2, -0.15) is 0 Å². The fraction of sp³-hybridized carbons (Fsp3) is 0.917. The van der Waals surface area contributed by atoms with Crippen molar-refractivity contribution in [2.24, 2.45) is 17.3 Å². The van der Waals surface area contributed by atoms with Crippen LogP contribution in [0.1, 0.15) is 38.5 Å². The number of hydrogen-bond acceptors (Lipinski definition) is 2. The van der Waals surface area contributed by atoms with Gasteiger partial charge >= 0.3 is 0 Å². The second-order valence-electron chi connectivity index (χ2n) is 5.97. The molecule has 15 heavy (non-hydrogen) atoms. The molecule has 0 amide bonds. The predicted octanol–water partition coefficient (Wildman–Crippen LogP) is 2.28. The van der Waals surface area contributed by atoms with Crippen LogP contribution in [0.4, 0.5) is 0 Å². The van der Waals surface area contributed by atoms with Crippen LogP contribution >= 0.6 is 15.9 Å². The molecule has 1 N–H and O–H groups in total. The third-order valence-electron chi connectivity index (χ3n) is 4.72. The van der Waals surface area contributed by atoms with E-state index in [9.17, 15) is 4.79 Å². The van der Waals surface area contributed by atoms with Gasteiger partial charge in [0.25, 0.3) is 0 Å². The summed E-state index contributed by atoms with van der Waals surface area (Å²) in [5, 5.41) is 9.11. The molecule has 4 aliphatic carbocycles. The molecule has 0 aromatic rings. The molecule has 2 atom stereocenters. The van der Waals surface area contributed by atoms with Gasteiger partial charge in [0.15, 0.2) is 5.78 Å². The van der Waals surface area contributed by atoms with Crippen molar-refractivity contribution in [3.63, 3.8) is 0 Å². The maximum Gasteiger partial charge on any atom is 0.164 e. The standard InChI is InChI=1S/C12H17BrO2/c13-12-4-8-1-9(5-12)3-11(2-8,7-12)10(15)6-14/h8-9,14H,1-7H2. The highest BCUT2D eigenvalue weighted by Crippen LogP contribution is 2.64. The fourth-order valence-corrected chi connectivity index (χ4v) is 6.10. The molecule has 4 bridgehead atoms. The first-order chi connectivity index (χ1) is 7.05. The first-order valence-corrected chi connectivity index (χ1v) is 6.68. The molecule has 0 radical (unpaired) electrons. The van der Waals surface area contributed by atoms with Gasteiger partial charge in [-0.25, -0.2) is 0 Å². The molecule has 0 spiro atoms. The van der Waals surface area contributed by atoms with E-state index in [1.807, 2.05) is 0 Å². The van der Waals surface area contributed by atoms with E-state index in [0.717, 1.165) is 31.1 Å². The molecular formula is C12H17BrO2. The summed E-state index contributed by atoms with van der Waals surface area (Å²) in [6.45, 7) is -0.261. The van der Waals surface area contributed by atoms with Crippen molar-refractivity contribution in [1.29, 1.82) is 0 Å². The normalized spacial score (nSPS) is 52.1. The zero-order chi connectivity index (χ0) is 10.7. The topological polar surface area (TPSA) is 37.3 Å². The van der Waals surface area contributed by atoms with Crippen LogP contribution in [0.3, 0.4) is 0 Å². The molecule has 2 unspecified atom stereocenters. The largest absolute Gasteiger partial charge is 0.389 e. The quantitative estimate of drug-likeness (QED) is 0.784. The van der Waals surface area contributed by atoms with Gasteiger partial charge in [-0.05, 0) is 50.4 Å². The predicted molar refractivity (Wildman–Crippen MR) is 60.9 cm³/mol. The van der Waals surface area contributed by atoms with Crippen LogP contribution in [0, 0.1) is 17.3 Å². The maximum atomic E-state index is 11.9. The Bertz CT molecular complexity index is 299. The molecular weight excluding hydrogens is 256 g/mol. The van der Waals surface area contributed by atoms with Crippen LogP contribution in [0.5, 0.6) is 0 Å². The molecule has 0 heterocycles. The zero-order valence-electron chi connectivity index (χ0n) is 8.84. The first kappa shape index (κ1) is 10.3. The molecule has 0 aromatic heterocycles. The Morgan fingerprint density at radius 1 is 1.27 bits per heavy atom. The highest BCUT2D eigenvalue weighted by Gasteiger charge is 2.59. The van der Waals surface area contributed by atoms with Gasteiger partial charge in [-0.1, -0.05) is 15.9 Å². The average Bonchev–Trinajstić information content (AvgIpc) is 2.12. The minimum absolute atomic E-state index is 0.0976. The summed E-state index contributed by atoms with van der Waals surface area (Å²) in [4.78, 5) is 11.9. The number of rotatable bonds is 2. The number of Topliss-reactive ketones (excluding diaryl/α,β-unsaturated/α-hetero) is 1. The second-order valence-corrected chi connectivity index (χ2v) is 7.66. The summed E-state index contributed by atoms with van der Waals surface area (Å²) in [5.74, 6) is 1.54. The summed E-state index contributed by atoms with van der Waals surface area (Å²) < 4.78 is 0.224. The van der Waals surface area contributed by atoms with Gasteiger partial charge in [0.1, 0.15) is 6.61 Å². The van der Waals surface area contributed by atoms with E-state index >= 15 is 0 Å². The van der Waals surface area contributed by atoms with Gasteiger partial charge in [0.2, 0.25) is 0 Å². The number of carbonyl (C=O) groups excluding carboxylic acids is 1. The van der Waals surface area contributed by atoms with Crippen molar-refractivity contribution in [2.45, 2.75) is 42.8 Å². The lowest BCUT2D eigenvalue weighted by molar-refractivity contribution is -0.144. The molecule has 0 aromatic carbocycles. The van der Waals surface area contributed by atoms with Crippen molar-refractivity contribution in [3.05, 3.63) is 0 Å². The molecule has 0 saturated heterocycles. The van der Waals surface area contributed by atoms with Crippen molar-refractivity contribution in [2.75, 3.05) is 6.61 Å². The molecule has 4 saturated carbocycles. The summed E-state index contributed by atoms with van der Waals surface area (Å²) in [7, 11) is 0. The summed E-state index contributed by atoms with van der Waals surface area (Å²) in [5.41, 5.74) is -0.164. The molecule has 84 valence electrons. The van der Waals surface area contributed by atoms with E-state index in [1.165, 1.54) is 19.3 Å². The third kappa shape index (κ3) is 1.42. The van der Waals surface area contributed by atoms with Gasteiger partial charge in [-0.3, -0.25) is 4.79 Å². The van der Waals surface area contributed by atoms with E-state index in [1.54, 1.807) is 0 Å². The minimum atomic E-state index is -0.261. The van der Waals surface area contributed by atoms with E-state index in [0.29, 0.717) is 0 Å². The van der Waals surface area contributed by atoms with Crippen LogP contribution < -0.4 is 0 Å². The Hall–Kier alpha value is 0.110. The van der Waals surface area contributed by atoms with E-state index in [-0.39, 0.29) is 22.1 Å². The van der Waals surface area contributed by atoms with Crippen LogP contribution in [-0.2, 0) is 4.79 Å². The number of aliphatic hydroxyl groups is 1. The number of ketones is 1. The molecule has 2 nitrogen and oxygen atoms in total. The Labute approximate surface area is 98.6 Å². The number of halogens is 1. The van der Waals surface area contributed by atoms with Gasteiger partial charge in [0, 0.05) is 9.74 Å². The molecule has 4 aliphatic rings. The SMILES string of the molecule is O=C(CO)C12CC3CC(CC(Br)(C3)C1)C2. The average molecular weight is 273 g/mol. The van der Waals surface area contributed by atoms with Crippen LogP contribution in [0.15, 0.2) is 0 Å².